The van der Waals surface area contributed by atoms with Gasteiger partial charge in [0.2, 0.25) is 5.91 Å². The normalized spacial score (nSPS) is 14.4. The lowest BCUT2D eigenvalue weighted by Crippen LogP contribution is -2.54. The first-order chi connectivity index (χ1) is 20.5. The Hall–Kier alpha value is -3.68. The minimum Gasteiger partial charge on any atom is -0.497 e. The molecular formula is C31H37F4N3O5S. The van der Waals surface area contributed by atoms with Gasteiger partial charge in [-0.2, -0.15) is 13.2 Å². The molecular weight excluding hydrogens is 602 g/mol. The summed E-state index contributed by atoms with van der Waals surface area (Å²) in [7, 11) is -1.89. The topological polar surface area (TPSA) is 117 Å². The van der Waals surface area contributed by atoms with Crippen LogP contribution in [-0.4, -0.2) is 69.9 Å². The highest BCUT2D eigenvalue weighted by Crippen LogP contribution is 2.35. The van der Waals surface area contributed by atoms with Gasteiger partial charge >= 0.3 is 6.18 Å². The zero-order valence-corrected chi connectivity index (χ0v) is 25.6. The molecule has 4 N–H and O–H groups in total. The van der Waals surface area contributed by atoms with E-state index in [4.69, 9.17) is 4.74 Å². The highest BCUT2D eigenvalue weighted by atomic mass is 32.2. The lowest BCUT2D eigenvalue weighted by molar-refractivity contribution is -0.161. The Labute approximate surface area is 254 Å². The Morgan fingerprint density at radius 3 is 1.91 bits per heavy atom. The highest BCUT2D eigenvalue weighted by Gasteiger charge is 2.44. The van der Waals surface area contributed by atoms with E-state index >= 15 is 0 Å². The Morgan fingerprint density at radius 2 is 1.45 bits per heavy atom. The monoisotopic (exact) mass is 639 g/mol. The number of hydrogen-bond acceptors (Lipinski definition) is 7. The fraction of sp³-hybridized carbons (Fsp3) is 0.387. The number of alkyl halides is 4. The number of carbonyl (C=O) groups is 1. The van der Waals surface area contributed by atoms with Gasteiger partial charge in [0.15, 0.2) is 9.84 Å². The molecule has 240 valence electrons. The fourth-order valence-corrected chi connectivity index (χ4v) is 5.10. The van der Waals surface area contributed by atoms with E-state index in [0.29, 0.717) is 22.6 Å². The molecule has 0 radical (unpaired) electrons. The average Bonchev–Trinajstić information content (AvgIpc) is 2.96. The standard InChI is InChI=1S/C31H37F4N3O5S/c1-30(2,32)17-27(29(40)37-24(19-39)18-36-23-11-13-25(43-3)14-12-23)38-28(31(33,34)35)22-7-5-20(6-8-22)21-9-15-26(16-10-21)44(4,41)42/h5-16,24,27-28,36,38-39H,17-19H2,1-4H3,(H,37,40)/t24-,27+,28+/m1/s1. The molecule has 0 aromatic heterocycles. The molecule has 0 fully saturated rings. The maximum absolute atomic E-state index is 14.7. The third-order valence-corrected chi connectivity index (χ3v) is 7.90. The smallest absolute Gasteiger partial charge is 0.407 e. The summed E-state index contributed by atoms with van der Waals surface area (Å²) in [6, 6.07) is 13.4. The molecule has 44 heavy (non-hydrogen) atoms. The summed E-state index contributed by atoms with van der Waals surface area (Å²) in [5.74, 6) is -0.273. The minimum absolute atomic E-state index is 0.0512. The first-order valence-electron chi connectivity index (χ1n) is 13.7. The molecule has 8 nitrogen and oxygen atoms in total. The van der Waals surface area contributed by atoms with E-state index in [1.165, 1.54) is 43.5 Å². The van der Waals surface area contributed by atoms with E-state index < -0.39 is 58.7 Å². The van der Waals surface area contributed by atoms with E-state index in [9.17, 15) is 35.9 Å². The summed E-state index contributed by atoms with van der Waals surface area (Å²) >= 11 is 0. The lowest BCUT2D eigenvalue weighted by atomic mass is 9.96. The number of benzene rings is 3. The van der Waals surface area contributed by atoms with Crippen molar-refractivity contribution in [2.45, 2.75) is 55.1 Å². The Morgan fingerprint density at radius 1 is 0.909 bits per heavy atom. The predicted octanol–water partition coefficient (Wildman–Crippen LogP) is 5.05. The van der Waals surface area contributed by atoms with Crippen molar-refractivity contribution in [2.75, 3.05) is 31.8 Å². The Balaban J connectivity index is 1.79. The van der Waals surface area contributed by atoms with Gasteiger partial charge in [-0.3, -0.25) is 10.1 Å². The Kier molecular flexibility index (Phi) is 11.4. The zero-order valence-electron chi connectivity index (χ0n) is 24.8. The van der Waals surface area contributed by atoms with Crippen LogP contribution in [0.25, 0.3) is 11.1 Å². The molecule has 13 heteroatoms. The van der Waals surface area contributed by atoms with E-state index in [1.807, 2.05) is 0 Å². The number of nitrogens with one attached hydrogen (secondary N) is 3. The van der Waals surface area contributed by atoms with Crippen LogP contribution in [0.5, 0.6) is 5.75 Å². The van der Waals surface area contributed by atoms with Gasteiger partial charge in [-0.25, -0.2) is 12.8 Å². The summed E-state index contributed by atoms with van der Waals surface area (Å²) in [6.07, 6.45) is -4.34. The molecule has 0 aliphatic carbocycles. The summed E-state index contributed by atoms with van der Waals surface area (Å²) in [5.41, 5.74) is -0.406. The third kappa shape index (κ3) is 10.2. The number of hydrogen-bond donors (Lipinski definition) is 4. The van der Waals surface area contributed by atoms with Gasteiger partial charge in [0, 0.05) is 24.9 Å². The zero-order chi connectivity index (χ0) is 32.7. The van der Waals surface area contributed by atoms with Crippen LogP contribution in [0.1, 0.15) is 31.9 Å². The molecule has 0 saturated carbocycles. The summed E-state index contributed by atoms with van der Waals surface area (Å²) in [5, 5.41) is 17.7. The van der Waals surface area contributed by atoms with Gasteiger partial charge in [0.25, 0.3) is 0 Å². The van der Waals surface area contributed by atoms with E-state index in [2.05, 4.69) is 16.0 Å². The van der Waals surface area contributed by atoms with E-state index in [-0.39, 0.29) is 17.0 Å². The van der Waals surface area contributed by atoms with Crippen LogP contribution in [0.3, 0.4) is 0 Å². The maximum Gasteiger partial charge on any atom is 0.407 e. The number of methoxy groups -OCH3 is 1. The van der Waals surface area contributed by atoms with Crippen LogP contribution in [0.4, 0.5) is 23.2 Å². The number of amides is 1. The number of aliphatic hydroxyl groups is 1. The fourth-order valence-electron chi connectivity index (χ4n) is 4.47. The molecule has 0 aliphatic rings. The van der Waals surface area contributed by atoms with Gasteiger partial charge in [-0.1, -0.05) is 36.4 Å². The minimum atomic E-state index is -4.84. The average molecular weight is 640 g/mol. The van der Waals surface area contributed by atoms with Crippen LogP contribution in [-0.2, 0) is 14.6 Å². The number of ether oxygens (including phenoxy) is 1. The molecule has 3 aromatic carbocycles. The first kappa shape index (κ1) is 34.8. The lowest BCUT2D eigenvalue weighted by Gasteiger charge is -2.31. The molecule has 3 aromatic rings. The highest BCUT2D eigenvalue weighted by molar-refractivity contribution is 7.90. The van der Waals surface area contributed by atoms with Crippen molar-refractivity contribution in [3.8, 4) is 16.9 Å². The van der Waals surface area contributed by atoms with Crippen LogP contribution in [0.2, 0.25) is 0 Å². The molecule has 0 heterocycles. The SMILES string of the molecule is COc1ccc(NC[C@H](CO)NC(=O)[C@H](CC(C)(C)F)N[C@@H](c2ccc(-c3ccc(S(C)(=O)=O)cc3)cc2)C(F)(F)F)cc1. The van der Waals surface area contributed by atoms with Crippen LogP contribution in [0, 0.1) is 0 Å². The summed E-state index contributed by atoms with van der Waals surface area (Å²) in [6.45, 7) is 1.86. The third-order valence-electron chi connectivity index (χ3n) is 6.77. The van der Waals surface area contributed by atoms with Crippen molar-refractivity contribution >= 4 is 21.4 Å². The van der Waals surface area contributed by atoms with E-state index in [0.717, 1.165) is 20.1 Å². The maximum atomic E-state index is 14.7. The van der Waals surface area contributed by atoms with Gasteiger partial charge in [0.05, 0.1) is 30.7 Å². The molecule has 0 spiro atoms. The molecule has 0 saturated heterocycles. The van der Waals surface area contributed by atoms with Crippen molar-refractivity contribution in [1.29, 1.82) is 0 Å². The molecule has 0 aliphatic heterocycles. The number of anilines is 1. The van der Waals surface area contributed by atoms with Gasteiger partial charge in [-0.05, 0) is 66.9 Å². The molecule has 1 amide bonds. The van der Waals surface area contributed by atoms with E-state index in [1.54, 1.807) is 36.4 Å². The van der Waals surface area contributed by atoms with Crippen molar-refractivity contribution in [2.24, 2.45) is 0 Å². The summed E-state index contributed by atoms with van der Waals surface area (Å²) < 4.78 is 86.3. The second kappa shape index (κ2) is 14.4. The van der Waals surface area contributed by atoms with Crippen molar-refractivity contribution in [3.63, 3.8) is 0 Å². The van der Waals surface area contributed by atoms with Crippen LogP contribution >= 0.6 is 0 Å². The predicted molar refractivity (Wildman–Crippen MR) is 161 cm³/mol. The molecule has 0 bridgehead atoms. The second-order valence-corrected chi connectivity index (χ2v) is 13.0. The number of aliphatic hydroxyl groups excluding tert-OH is 1. The van der Waals surface area contributed by atoms with Crippen molar-refractivity contribution in [1.82, 2.24) is 10.6 Å². The number of sulfone groups is 1. The van der Waals surface area contributed by atoms with Crippen molar-refractivity contribution < 1.29 is 40.6 Å². The largest absolute Gasteiger partial charge is 0.497 e. The quantitative estimate of drug-likeness (QED) is 0.182. The van der Waals surface area contributed by atoms with Crippen LogP contribution in [0.15, 0.2) is 77.7 Å². The van der Waals surface area contributed by atoms with Crippen LogP contribution < -0.4 is 20.7 Å². The Bertz CT molecular complexity index is 1480. The van der Waals surface area contributed by atoms with Gasteiger partial charge in [0.1, 0.15) is 17.5 Å². The molecule has 0 unspecified atom stereocenters. The van der Waals surface area contributed by atoms with Gasteiger partial charge in [-0.15, -0.1) is 0 Å². The number of halogens is 4. The molecule has 3 atom stereocenters. The molecule has 3 rings (SSSR count). The second-order valence-electron chi connectivity index (χ2n) is 11.0. The number of rotatable bonds is 14. The number of carbonyl (C=O) groups excluding carboxylic acids is 1. The van der Waals surface area contributed by atoms with Gasteiger partial charge < -0.3 is 20.5 Å². The summed E-state index contributed by atoms with van der Waals surface area (Å²) in [4.78, 5) is 13.3. The first-order valence-corrected chi connectivity index (χ1v) is 15.6. The van der Waals surface area contributed by atoms with Crippen molar-refractivity contribution in [3.05, 3.63) is 78.4 Å².